The third-order valence-electron chi connectivity index (χ3n) is 3.91. The summed E-state index contributed by atoms with van der Waals surface area (Å²) in [6.45, 7) is 0. The first-order chi connectivity index (χ1) is 9.74. The van der Waals surface area contributed by atoms with Gasteiger partial charge in [0.15, 0.2) is 0 Å². The molecule has 2 unspecified atom stereocenters. The van der Waals surface area contributed by atoms with E-state index in [0.717, 1.165) is 36.5 Å². The van der Waals surface area contributed by atoms with Crippen LogP contribution in [0, 0.1) is 0 Å². The average Bonchev–Trinajstić information content (AvgIpc) is 2.48. The number of aryl methyl sites for hydroxylation is 1. The third kappa shape index (κ3) is 4.02. The molecule has 1 aliphatic heterocycles. The number of hydrogen-bond donors (Lipinski definition) is 2. The fourth-order valence-corrected chi connectivity index (χ4v) is 5.45. The van der Waals surface area contributed by atoms with Crippen molar-refractivity contribution in [1.82, 2.24) is 5.32 Å². The Balaban J connectivity index is 0.00000161. The number of benzene rings is 1. The molecule has 2 atom stereocenters. The molecule has 0 aromatic heterocycles. The van der Waals surface area contributed by atoms with E-state index in [1.807, 2.05) is 17.8 Å². The Morgan fingerprint density at radius 1 is 1.33 bits per heavy atom. The molecule has 116 valence electrons. The molecule has 21 heavy (non-hydrogen) atoms. The van der Waals surface area contributed by atoms with Crippen molar-refractivity contribution >= 4 is 47.5 Å². The molecular formula is C15H21ClN2OS2. The Morgan fingerprint density at radius 2 is 2.19 bits per heavy atom. The van der Waals surface area contributed by atoms with Crippen LogP contribution in [0.25, 0.3) is 0 Å². The predicted octanol–water partition coefficient (Wildman–Crippen LogP) is 3.03. The van der Waals surface area contributed by atoms with Crippen molar-refractivity contribution < 1.29 is 4.79 Å². The van der Waals surface area contributed by atoms with Gasteiger partial charge < -0.3 is 11.1 Å². The van der Waals surface area contributed by atoms with E-state index in [1.54, 1.807) is 11.8 Å². The van der Waals surface area contributed by atoms with E-state index in [-0.39, 0.29) is 29.6 Å². The van der Waals surface area contributed by atoms with Gasteiger partial charge in [0.2, 0.25) is 5.91 Å². The SMILES string of the molecule is Cl.Nc1ccc2c(c1)CCCC2NC(=O)C1CSCCS1. The normalized spacial score (nSPS) is 24.6. The maximum absolute atomic E-state index is 12.4. The first kappa shape index (κ1) is 16.8. The molecule has 0 spiro atoms. The van der Waals surface area contributed by atoms with Crippen molar-refractivity contribution in [3.8, 4) is 0 Å². The molecule has 0 bridgehead atoms. The smallest absolute Gasteiger partial charge is 0.234 e. The minimum Gasteiger partial charge on any atom is -0.399 e. The number of rotatable bonds is 2. The number of halogens is 1. The van der Waals surface area contributed by atoms with Gasteiger partial charge in [-0.3, -0.25) is 4.79 Å². The molecule has 3 rings (SSSR count). The van der Waals surface area contributed by atoms with E-state index in [2.05, 4.69) is 17.4 Å². The van der Waals surface area contributed by atoms with Crippen molar-refractivity contribution in [2.24, 2.45) is 0 Å². The van der Waals surface area contributed by atoms with Crippen LogP contribution in [0.4, 0.5) is 5.69 Å². The van der Waals surface area contributed by atoms with Crippen LogP contribution in [-0.2, 0) is 11.2 Å². The number of nitrogen functional groups attached to an aromatic ring is 1. The number of nitrogens with two attached hydrogens (primary N) is 1. The van der Waals surface area contributed by atoms with Crippen LogP contribution in [0.1, 0.15) is 30.0 Å². The van der Waals surface area contributed by atoms with Crippen LogP contribution in [-0.4, -0.2) is 28.4 Å². The highest BCUT2D eigenvalue weighted by Crippen LogP contribution is 2.32. The fraction of sp³-hybridized carbons (Fsp3) is 0.533. The highest BCUT2D eigenvalue weighted by atomic mass is 35.5. The number of anilines is 1. The van der Waals surface area contributed by atoms with Crippen LogP contribution in [0.2, 0.25) is 0 Å². The summed E-state index contributed by atoms with van der Waals surface area (Å²) in [5.41, 5.74) is 9.22. The number of fused-ring (bicyclic) bond motifs is 1. The molecule has 3 N–H and O–H groups in total. The Labute approximate surface area is 140 Å². The van der Waals surface area contributed by atoms with Crippen molar-refractivity contribution in [3.05, 3.63) is 29.3 Å². The van der Waals surface area contributed by atoms with E-state index in [1.165, 1.54) is 16.9 Å². The second kappa shape index (κ2) is 7.65. The summed E-state index contributed by atoms with van der Waals surface area (Å²) in [5, 5.41) is 3.37. The van der Waals surface area contributed by atoms with Crippen molar-refractivity contribution in [2.45, 2.75) is 30.6 Å². The van der Waals surface area contributed by atoms with E-state index in [4.69, 9.17) is 5.73 Å². The number of carbonyl (C=O) groups excluding carboxylic acids is 1. The molecule has 1 aliphatic carbocycles. The minimum atomic E-state index is 0. The van der Waals surface area contributed by atoms with Gasteiger partial charge in [-0.05, 0) is 42.5 Å². The maximum Gasteiger partial charge on any atom is 0.234 e. The zero-order valence-electron chi connectivity index (χ0n) is 11.8. The number of carbonyl (C=O) groups is 1. The van der Waals surface area contributed by atoms with Crippen molar-refractivity contribution in [1.29, 1.82) is 0 Å². The van der Waals surface area contributed by atoms with Crippen LogP contribution in [0.5, 0.6) is 0 Å². The Hall–Kier alpha value is -0.520. The van der Waals surface area contributed by atoms with E-state index in [9.17, 15) is 4.79 Å². The molecule has 0 saturated carbocycles. The molecule has 1 fully saturated rings. The van der Waals surface area contributed by atoms with E-state index in [0.29, 0.717) is 0 Å². The molecule has 1 amide bonds. The lowest BCUT2D eigenvalue weighted by Crippen LogP contribution is -2.39. The molecule has 1 saturated heterocycles. The summed E-state index contributed by atoms with van der Waals surface area (Å²) in [4.78, 5) is 12.4. The second-order valence-electron chi connectivity index (χ2n) is 5.35. The number of hydrogen-bond acceptors (Lipinski definition) is 4. The largest absolute Gasteiger partial charge is 0.399 e. The molecule has 2 aliphatic rings. The third-order valence-corrected chi connectivity index (χ3v) is 6.66. The summed E-state index contributed by atoms with van der Waals surface area (Å²) in [5.74, 6) is 3.40. The second-order valence-corrected chi connectivity index (χ2v) is 7.81. The molecule has 0 radical (unpaired) electrons. The van der Waals surface area contributed by atoms with Gasteiger partial charge in [0.1, 0.15) is 0 Å². The van der Waals surface area contributed by atoms with Gasteiger partial charge >= 0.3 is 0 Å². The van der Waals surface area contributed by atoms with Crippen molar-refractivity contribution in [3.63, 3.8) is 0 Å². The molecule has 1 aromatic carbocycles. The zero-order chi connectivity index (χ0) is 13.9. The Morgan fingerprint density at radius 3 is 2.95 bits per heavy atom. The monoisotopic (exact) mass is 344 g/mol. The van der Waals surface area contributed by atoms with Crippen molar-refractivity contribution in [2.75, 3.05) is 23.0 Å². The van der Waals surface area contributed by atoms with Gasteiger partial charge in [-0.25, -0.2) is 0 Å². The quantitative estimate of drug-likeness (QED) is 0.810. The Bertz CT molecular complexity index is 506. The van der Waals surface area contributed by atoms with Crippen LogP contribution in [0.3, 0.4) is 0 Å². The summed E-state index contributed by atoms with van der Waals surface area (Å²) in [6, 6.07) is 6.24. The minimum absolute atomic E-state index is 0. The van der Waals surface area contributed by atoms with Gasteiger partial charge in [0, 0.05) is 22.9 Å². The van der Waals surface area contributed by atoms with Gasteiger partial charge in [-0.15, -0.1) is 24.2 Å². The molecule has 6 heteroatoms. The fourth-order valence-electron chi connectivity index (χ4n) is 2.89. The average molecular weight is 345 g/mol. The molecule has 3 nitrogen and oxygen atoms in total. The molecule has 1 heterocycles. The molecule has 1 aromatic rings. The summed E-state index contributed by atoms with van der Waals surface area (Å²) in [7, 11) is 0. The summed E-state index contributed by atoms with van der Waals surface area (Å²) in [6.07, 6.45) is 3.22. The van der Waals surface area contributed by atoms with E-state index < -0.39 is 0 Å². The standard InChI is InChI=1S/C15H20N2OS2.ClH/c16-11-4-5-12-10(8-11)2-1-3-13(12)17-15(18)14-9-19-6-7-20-14;/h4-5,8,13-14H,1-3,6-7,9,16H2,(H,17,18);1H. The summed E-state index contributed by atoms with van der Waals surface area (Å²) < 4.78 is 0. The predicted molar refractivity (Wildman–Crippen MR) is 95.5 cm³/mol. The summed E-state index contributed by atoms with van der Waals surface area (Å²) >= 11 is 3.67. The highest BCUT2D eigenvalue weighted by Gasteiger charge is 2.27. The molecular weight excluding hydrogens is 324 g/mol. The van der Waals surface area contributed by atoms with Gasteiger partial charge in [-0.2, -0.15) is 11.8 Å². The highest BCUT2D eigenvalue weighted by molar-refractivity contribution is 8.07. The van der Waals surface area contributed by atoms with Gasteiger partial charge in [-0.1, -0.05) is 6.07 Å². The number of nitrogens with one attached hydrogen (secondary N) is 1. The lowest BCUT2D eigenvalue weighted by molar-refractivity contribution is -0.121. The van der Waals surface area contributed by atoms with Gasteiger partial charge in [0.05, 0.1) is 11.3 Å². The first-order valence-electron chi connectivity index (χ1n) is 7.12. The van der Waals surface area contributed by atoms with Gasteiger partial charge in [0.25, 0.3) is 0 Å². The van der Waals surface area contributed by atoms with E-state index >= 15 is 0 Å². The lowest BCUT2D eigenvalue weighted by atomic mass is 9.87. The maximum atomic E-state index is 12.4. The number of amides is 1. The van der Waals surface area contributed by atoms with Crippen LogP contribution in [0.15, 0.2) is 18.2 Å². The Kier molecular flexibility index (Phi) is 6.14. The van der Waals surface area contributed by atoms with Crippen LogP contribution < -0.4 is 11.1 Å². The van der Waals surface area contributed by atoms with Crippen LogP contribution >= 0.6 is 35.9 Å². The lowest BCUT2D eigenvalue weighted by Gasteiger charge is -2.29. The first-order valence-corrected chi connectivity index (χ1v) is 9.32. The topological polar surface area (TPSA) is 55.1 Å². The number of thioether (sulfide) groups is 2. The zero-order valence-corrected chi connectivity index (χ0v) is 14.3.